The van der Waals surface area contributed by atoms with Crippen LogP contribution in [0.15, 0.2) is 58.3 Å². The summed E-state index contributed by atoms with van der Waals surface area (Å²) in [7, 11) is -7.88. The molecule has 0 amide bonds. The Morgan fingerprint density at radius 2 is 1.40 bits per heavy atom. The van der Waals surface area contributed by atoms with Crippen LogP contribution in [-0.2, 0) is 19.7 Å². The minimum atomic E-state index is -3.98. The van der Waals surface area contributed by atoms with Gasteiger partial charge in [-0.05, 0) is 43.3 Å². The molecule has 0 aliphatic heterocycles. The fraction of sp³-hybridized carbons (Fsp3) is 0.250. The highest BCUT2D eigenvalue weighted by Gasteiger charge is 2.35. The van der Waals surface area contributed by atoms with Crippen LogP contribution in [0.3, 0.4) is 0 Å². The Kier molecular flexibility index (Phi) is 5.85. The minimum absolute atomic E-state index is 0.0128. The Labute approximate surface area is 157 Å². The molecule has 1 atom stereocenters. The van der Waals surface area contributed by atoms with Crippen LogP contribution in [0.5, 0.6) is 0 Å². The molecule has 0 bridgehead atoms. The van der Waals surface area contributed by atoms with Crippen molar-refractivity contribution < 1.29 is 21.9 Å². The average molecular weight is 423 g/mol. The summed E-state index contributed by atoms with van der Waals surface area (Å²) in [6.07, 6.45) is 0. The molecule has 0 saturated carbocycles. The average Bonchev–Trinajstić information content (AvgIpc) is 2.45. The van der Waals surface area contributed by atoms with Crippen LogP contribution >= 0.6 is 23.2 Å². The summed E-state index contributed by atoms with van der Waals surface area (Å²) >= 11 is 11.6. The molecule has 0 aliphatic carbocycles. The van der Waals surface area contributed by atoms with Crippen LogP contribution in [0.2, 0.25) is 10.0 Å². The van der Waals surface area contributed by atoms with Crippen LogP contribution in [0.25, 0.3) is 0 Å². The molecule has 0 aliphatic rings. The topological polar surface area (TPSA) is 88.5 Å². The first-order valence-corrected chi connectivity index (χ1v) is 11.2. The van der Waals surface area contributed by atoms with E-state index in [1.807, 2.05) is 0 Å². The van der Waals surface area contributed by atoms with Crippen LogP contribution in [0.4, 0.5) is 0 Å². The van der Waals surface area contributed by atoms with Gasteiger partial charge in [-0.1, -0.05) is 35.3 Å². The van der Waals surface area contributed by atoms with Gasteiger partial charge in [0.05, 0.1) is 31.9 Å². The molecule has 0 heterocycles. The lowest BCUT2D eigenvalue weighted by molar-refractivity contribution is 0.108. The molecule has 1 N–H and O–H groups in total. The predicted octanol–water partition coefficient (Wildman–Crippen LogP) is 2.99. The first kappa shape index (κ1) is 20.2. The van der Waals surface area contributed by atoms with Crippen molar-refractivity contribution in [3.05, 3.63) is 58.6 Å². The van der Waals surface area contributed by atoms with Crippen molar-refractivity contribution in [1.82, 2.24) is 0 Å². The van der Waals surface area contributed by atoms with Crippen LogP contribution in [-0.4, -0.2) is 39.0 Å². The standard InChI is InChI=1S/C16H16Cl2O5S2/c1-16(19,10-24(20,21)13-8-6-12(17)7-9-13)11-25(22,23)15-5-3-2-4-14(15)18/h2-9,19H,10-11H2,1H3/t16-/m1/s1. The van der Waals surface area contributed by atoms with Crippen molar-refractivity contribution >= 4 is 42.9 Å². The van der Waals surface area contributed by atoms with E-state index >= 15 is 0 Å². The normalized spacial score (nSPS) is 14.9. The molecule has 2 aromatic rings. The predicted molar refractivity (Wildman–Crippen MR) is 97.6 cm³/mol. The van der Waals surface area contributed by atoms with E-state index in [1.165, 1.54) is 42.5 Å². The van der Waals surface area contributed by atoms with Crippen molar-refractivity contribution in [2.45, 2.75) is 22.3 Å². The van der Waals surface area contributed by atoms with Gasteiger partial charge in [0.1, 0.15) is 0 Å². The second kappa shape index (κ2) is 7.25. The molecule has 0 fully saturated rings. The zero-order valence-electron chi connectivity index (χ0n) is 13.2. The maximum atomic E-state index is 12.5. The van der Waals surface area contributed by atoms with E-state index in [-0.39, 0.29) is 14.8 Å². The number of sulfone groups is 2. The molecule has 0 spiro atoms. The lowest BCUT2D eigenvalue weighted by Crippen LogP contribution is -2.40. The fourth-order valence-corrected chi connectivity index (χ4v) is 6.47. The van der Waals surface area contributed by atoms with E-state index in [9.17, 15) is 21.9 Å². The molecule has 9 heteroatoms. The van der Waals surface area contributed by atoms with Crippen molar-refractivity contribution in [2.24, 2.45) is 0 Å². The highest BCUT2D eigenvalue weighted by molar-refractivity contribution is 7.92. The van der Waals surface area contributed by atoms with Gasteiger partial charge in [-0.15, -0.1) is 0 Å². The zero-order chi connectivity index (χ0) is 18.9. The second-order valence-corrected chi connectivity index (χ2v) is 10.7. The third kappa shape index (κ3) is 5.18. The number of hydrogen-bond donors (Lipinski definition) is 1. The fourth-order valence-electron chi connectivity index (χ4n) is 2.36. The van der Waals surface area contributed by atoms with Gasteiger partial charge < -0.3 is 5.11 Å². The maximum Gasteiger partial charge on any atom is 0.182 e. The van der Waals surface area contributed by atoms with E-state index in [0.717, 1.165) is 6.92 Å². The summed E-state index contributed by atoms with van der Waals surface area (Å²) in [5.41, 5.74) is -2.00. The van der Waals surface area contributed by atoms with Gasteiger partial charge in [-0.25, -0.2) is 16.8 Å². The van der Waals surface area contributed by atoms with Crippen molar-refractivity contribution in [3.63, 3.8) is 0 Å². The van der Waals surface area contributed by atoms with Crippen LogP contribution in [0, 0.1) is 0 Å². The Morgan fingerprint density at radius 3 is 1.96 bits per heavy atom. The van der Waals surface area contributed by atoms with E-state index in [2.05, 4.69) is 0 Å². The lowest BCUT2D eigenvalue weighted by atomic mass is 10.2. The monoisotopic (exact) mass is 422 g/mol. The van der Waals surface area contributed by atoms with Gasteiger partial charge in [0, 0.05) is 5.02 Å². The number of benzene rings is 2. The van der Waals surface area contributed by atoms with E-state index < -0.39 is 36.8 Å². The molecular weight excluding hydrogens is 407 g/mol. The third-order valence-electron chi connectivity index (χ3n) is 3.35. The molecule has 25 heavy (non-hydrogen) atoms. The van der Waals surface area contributed by atoms with Gasteiger partial charge in [-0.3, -0.25) is 0 Å². The Hall–Kier alpha value is -1.12. The second-order valence-electron chi connectivity index (χ2n) is 5.90. The number of rotatable bonds is 6. The van der Waals surface area contributed by atoms with Crippen LogP contribution in [0.1, 0.15) is 6.92 Å². The summed E-state index contributed by atoms with van der Waals surface area (Å²) in [4.78, 5) is -0.201. The largest absolute Gasteiger partial charge is 0.388 e. The molecule has 0 aromatic heterocycles. The molecule has 2 aromatic carbocycles. The first-order valence-electron chi connectivity index (χ1n) is 7.11. The lowest BCUT2D eigenvalue weighted by Gasteiger charge is -2.23. The molecule has 0 radical (unpaired) electrons. The summed E-state index contributed by atoms with van der Waals surface area (Å²) in [6, 6.07) is 11.2. The number of hydrogen-bond acceptors (Lipinski definition) is 5. The van der Waals surface area contributed by atoms with Crippen molar-refractivity contribution in [3.8, 4) is 0 Å². The van der Waals surface area contributed by atoms with E-state index in [1.54, 1.807) is 6.07 Å². The van der Waals surface area contributed by atoms with Crippen LogP contribution < -0.4 is 0 Å². The third-order valence-corrected chi connectivity index (χ3v) is 8.06. The maximum absolute atomic E-state index is 12.5. The Morgan fingerprint density at radius 1 is 0.880 bits per heavy atom. The summed E-state index contributed by atoms with van der Waals surface area (Å²) in [5.74, 6) is -1.54. The van der Waals surface area contributed by atoms with Gasteiger partial charge >= 0.3 is 0 Å². The Balaban J connectivity index is 2.27. The quantitative estimate of drug-likeness (QED) is 0.772. The molecule has 5 nitrogen and oxygen atoms in total. The zero-order valence-corrected chi connectivity index (χ0v) is 16.3. The number of aliphatic hydroxyl groups is 1. The molecule has 2 rings (SSSR count). The first-order chi connectivity index (χ1) is 11.4. The highest BCUT2D eigenvalue weighted by atomic mass is 35.5. The molecule has 136 valence electrons. The smallest absolute Gasteiger partial charge is 0.182 e. The molecule has 0 unspecified atom stereocenters. The minimum Gasteiger partial charge on any atom is -0.388 e. The summed E-state index contributed by atoms with van der Waals surface area (Å²) in [6.45, 7) is 1.16. The van der Waals surface area contributed by atoms with E-state index in [4.69, 9.17) is 23.2 Å². The SMILES string of the molecule is C[C@@](O)(CS(=O)(=O)c1ccc(Cl)cc1)CS(=O)(=O)c1ccccc1Cl. The Bertz CT molecular complexity index is 966. The van der Waals surface area contributed by atoms with Gasteiger partial charge in [-0.2, -0.15) is 0 Å². The van der Waals surface area contributed by atoms with E-state index in [0.29, 0.717) is 5.02 Å². The van der Waals surface area contributed by atoms with Gasteiger partial charge in [0.2, 0.25) is 0 Å². The highest BCUT2D eigenvalue weighted by Crippen LogP contribution is 2.26. The molecule has 0 saturated heterocycles. The summed E-state index contributed by atoms with van der Waals surface area (Å²) in [5, 5.41) is 10.8. The van der Waals surface area contributed by atoms with Gasteiger partial charge in [0.25, 0.3) is 0 Å². The van der Waals surface area contributed by atoms with Gasteiger partial charge in [0.15, 0.2) is 19.7 Å². The summed E-state index contributed by atoms with van der Waals surface area (Å²) < 4.78 is 49.8. The van der Waals surface area contributed by atoms with Crippen molar-refractivity contribution in [2.75, 3.05) is 11.5 Å². The number of halogens is 2. The van der Waals surface area contributed by atoms with Crippen molar-refractivity contribution in [1.29, 1.82) is 0 Å². The molecular formula is C16H16Cl2O5S2.